The maximum Gasteiger partial charge on any atom is 0.265 e. The lowest BCUT2D eigenvalue weighted by atomic mass is 10.1. The van der Waals surface area contributed by atoms with Crippen LogP contribution in [-0.4, -0.2) is 42.9 Å². The standard InChI is InChI=1S/C20H18ClN3O2S/c21-16-12-14(5-6-15(16)20(26)24-9-7-22-8-10-24)23-19(25)18-11-13-3-1-2-4-17(13)27-18/h1-6,11-12,22H,7-10H2,(H,23,25). The number of carbonyl (C=O) groups is 2. The van der Waals surface area contributed by atoms with Crippen LogP contribution in [0.5, 0.6) is 0 Å². The van der Waals surface area contributed by atoms with Gasteiger partial charge in [0.1, 0.15) is 0 Å². The van der Waals surface area contributed by atoms with Gasteiger partial charge in [-0.2, -0.15) is 0 Å². The summed E-state index contributed by atoms with van der Waals surface area (Å²) in [5, 5.41) is 7.46. The van der Waals surface area contributed by atoms with Crippen LogP contribution in [0, 0.1) is 0 Å². The first-order valence-electron chi connectivity index (χ1n) is 8.71. The number of anilines is 1. The molecule has 1 saturated heterocycles. The summed E-state index contributed by atoms with van der Waals surface area (Å²) in [5.41, 5.74) is 1.03. The molecule has 2 aromatic carbocycles. The monoisotopic (exact) mass is 399 g/mol. The van der Waals surface area contributed by atoms with Crippen molar-refractivity contribution in [2.45, 2.75) is 0 Å². The van der Waals surface area contributed by atoms with Gasteiger partial charge in [0.15, 0.2) is 0 Å². The Bertz CT molecular complexity index is 978. The highest BCUT2D eigenvalue weighted by molar-refractivity contribution is 7.20. The predicted molar refractivity (Wildman–Crippen MR) is 110 cm³/mol. The Labute approximate surface area is 165 Å². The number of thiophene rings is 1. The molecule has 0 aliphatic carbocycles. The van der Waals surface area contributed by atoms with Gasteiger partial charge in [-0.25, -0.2) is 0 Å². The van der Waals surface area contributed by atoms with Gasteiger partial charge < -0.3 is 15.5 Å². The van der Waals surface area contributed by atoms with Gasteiger partial charge in [0, 0.05) is 36.6 Å². The van der Waals surface area contributed by atoms with Crippen LogP contribution in [0.2, 0.25) is 5.02 Å². The van der Waals surface area contributed by atoms with E-state index in [9.17, 15) is 9.59 Å². The van der Waals surface area contributed by atoms with E-state index in [-0.39, 0.29) is 11.8 Å². The second-order valence-electron chi connectivity index (χ2n) is 6.34. The summed E-state index contributed by atoms with van der Waals surface area (Å²) in [6.07, 6.45) is 0. The normalized spacial score (nSPS) is 14.3. The number of carbonyl (C=O) groups excluding carboxylic acids is 2. The number of amides is 2. The molecule has 0 unspecified atom stereocenters. The first-order valence-corrected chi connectivity index (χ1v) is 9.91. The molecule has 1 aromatic heterocycles. The smallest absolute Gasteiger partial charge is 0.265 e. The number of halogens is 1. The first-order chi connectivity index (χ1) is 13.1. The van der Waals surface area contributed by atoms with Crippen molar-refractivity contribution in [1.82, 2.24) is 10.2 Å². The van der Waals surface area contributed by atoms with E-state index in [1.165, 1.54) is 11.3 Å². The molecule has 3 aromatic rings. The van der Waals surface area contributed by atoms with E-state index in [0.717, 1.165) is 23.2 Å². The molecule has 1 aliphatic rings. The molecule has 2 heterocycles. The van der Waals surface area contributed by atoms with Crippen LogP contribution >= 0.6 is 22.9 Å². The average molecular weight is 400 g/mol. The number of piperazine rings is 1. The van der Waals surface area contributed by atoms with Crippen molar-refractivity contribution in [3.05, 3.63) is 64.0 Å². The summed E-state index contributed by atoms with van der Waals surface area (Å²) < 4.78 is 1.07. The van der Waals surface area contributed by atoms with E-state index in [0.29, 0.717) is 34.2 Å². The Morgan fingerprint density at radius 3 is 2.59 bits per heavy atom. The summed E-state index contributed by atoms with van der Waals surface area (Å²) in [7, 11) is 0. The number of hydrogen-bond acceptors (Lipinski definition) is 4. The van der Waals surface area contributed by atoms with E-state index < -0.39 is 0 Å². The molecule has 4 rings (SSSR count). The van der Waals surface area contributed by atoms with Crippen LogP contribution in [0.3, 0.4) is 0 Å². The first kappa shape index (κ1) is 18.0. The Kier molecular flexibility index (Phi) is 5.11. The van der Waals surface area contributed by atoms with Crippen LogP contribution < -0.4 is 10.6 Å². The number of hydrogen-bond donors (Lipinski definition) is 2. The average Bonchev–Trinajstić information content (AvgIpc) is 3.13. The third-order valence-corrected chi connectivity index (χ3v) is 5.94. The van der Waals surface area contributed by atoms with Crippen molar-refractivity contribution in [2.24, 2.45) is 0 Å². The molecule has 2 N–H and O–H groups in total. The zero-order chi connectivity index (χ0) is 18.8. The molecule has 1 aliphatic heterocycles. The lowest BCUT2D eigenvalue weighted by Gasteiger charge is -2.27. The second-order valence-corrected chi connectivity index (χ2v) is 7.83. The molecule has 0 radical (unpaired) electrons. The van der Waals surface area contributed by atoms with Crippen LogP contribution in [0.25, 0.3) is 10.1 Å². The Morgan fingerprint density at radius 1 is 1.07 bits per heavy atom. The van der Waals surface area contributed by atoms with Gasteiger partial charge in [-0.3, -0.25) is 9.59 Å². The van der Waals surface area contributed by atoms with Crippen molar-refractivity contribution in [2.75, 3.05) is 31.5 Å². The summed E-state index contributed by atoms with van der Waals surface area (Å²) in [4.78, 5) is 27.6. The van der Waals surface area contributed by atoms with Gasteiger partial charge in [-0.05, 0) is 35.7 Å². The van der Waals surface area contributed by atoms with Gasteiger partial charge in [-0.1, -0.05) is 29.8 Å². The Hall–Kier alpha value is -2.41. The quantitative estimate of drug-likeness (QED) is 0.703. The van der Waals surface area contributed by atoms with Crippen molar-refractivity contribution in [3.63, 3.8) is 0 Å². The largest absolute Gasteiger partial charge is 0.336 e. The Morgan fingerprint density at radius 2 is 1.85 bits per heavy atom. The molecule has 5 nitrogen and oxygen atoms in total. The summed E-state index contributed by atoms with van der Waals surface area (Å²) in [6, 6.07) is 14.8. The molecular weight excluding hydrogens is 382 g/mol. The Balaban J connectivity index is 1.50. The van der Waals surface area contributed by atoms with Crippen molar-refractivity contribution in [3.8, 4) is 0 Å². The van der Waals surface area contributed by atoms with Gasteiger partial charge in [-0.15, -0.1) is 11.3 Å². The number of fused-ring (bicyclic) bond motifs is 1. The van der Waals surface area contributed by atoms with E-state index >= 15 is 0 Å². The highest BCUT2D eigenvalue weighted by Gasteiger charge is 2.20. The predicted octanol–water partition coefficient (Wildman–Crippen LogP) is 3.85. The molecule has 0 atom stereocenters. The van der Waals surface area contributed by atoms with Crippen LogP contribution in [0.15, 0.2) is 48.5 Å². The topological polar surface area (TPSA) is 61.4 Å². The minimum Gasteiger partial charge on any atom is -0.336 e. The van der Waals surface area contributed by atoms with Gasteiger partial charge in [0.2, 0.25) is 0 Å². The zero-order valence-electron chi connectivity index (χ0n) is 14.5. The van der Waals surface area contributed by atoms with Crippen LogP contribution in [0.1, 0.15) is 20.0 Å². The van der Waals surface area contributed by atoms with E-state index in [1.54, 1.807) is 23.1 Å². The third-order valence-electron chi connectivity index (χ3n) is 4.51. The minimum atomic E-state index is -0.187. The van der Waals surface area contributed by atoms with E-state index in [1.807, 2.05) is 30.3 Å². The summed E-state index contributed by atoms with van der Waals surface area (Å²) >= 11 is 7.77. The SMILES string of the molecule is O=C(Nc1ccc(C(=O)N2CCNCC2)c(Cl)c1)c1cc2ccccc2s1. The number of benzene rings is 2. The molecule has 7 heteroatoms. The fourth-order valence-corrected chi connectivity index (χ4v) is 4.31. The zero-order valence-corrected chi connectivity index (χ0v) is 16.1. The van der Waals surface area contributed by atoms with Crippen LogP contribution in [0.4, 0.5) is 5.69 Å². The summed E-state index contributed by atoms with van der Waals surface area (Å²) in [6.45, 7) is 2.90. The van der Waals surface area contributed by atoms with E-state index in [2.05, 4.69) is 10.6 Å². The maximum atomic E-state index is 12.6. The number of nitrogens with zero attached hydrogens (tertiary/aromatic N) is 1. The molecular formula is C20H18ClN3O2S. The van der Waals surface area contributed by atoms with E-state index in [4.69, 9.17) is 11.6 Å². The van der Waals surface area contributed by atoms with Crippen LogP contribution in [-0.2, 0) is 0 Å². The van der Waals surface area contributed by atoms with Crippen molar-refractivity contribution < 1.29 is 9.59 Å². The molecule has 27 heavy (non-hydrogen) atoms. The van der Waals surface area contributed by atoms with Crippen molar-refractivity contribution >= 4 is 50.5 Å². The van der Waals surface area contributed by atoms with Gasteiger partial charge in [0.05, 0.1) is 15.5 Å². The molecule has 1 fully saturated rings. The second kappa shape index (κ2) is 7.68. The number of rotatable bonds is 3. The lowest BCUT2D eigenvalue weighted by Crippen LogP contribution is -2.46. The third kappa shape index (κ3) is 3.83. The van der Waals surface area contributed by atoms with Gasteiger partial charge in [0.25, 0.3) is 11.8 Å². The summed E-state index contributed by atoms with van der Waals surface area (Å²) in [5.74, 6) is -0.266. The lowest BCUT2D eigenvalue weighted by molar-refractivity contribution is 0.0736. The molecule has 2 amide bonds. The molecule has 0 spiro atoms. The molecule has 0 saturated carbocycles. The van der Waals surface area contributed by atoms with Gasteiger partial charge >= 0.3 is 0 Å². The molecule has 0 bridgehead atoms. The molecule has 138 valence electrons. The minimum absolute atomic E-state index is 0.0797. The highest BCUT2D eigenvalue weighted by Crippen LogP contribution is 2.27. The van der Waals surface area contributed by atoms with Crippen molar-refractivity contribution in [1.29, 1.82) is 0 Å². The fraction of sp³-hybridized carbons (Fsp3) is 0.200. The maximum absolute atomic E-state index is 12.6. The highest BCUT2D eigenvalue weighted by atomic mass is 35.5. The fourth-order valence-electron chi connectivity index (χ4n) is 3.09. The number of nitrogens with one attached hydrogen (secondary N) is 2.